The Morgan fingerprint density at radius 3 is 2.78 bits per heavy atom. The third-order valence-electron chi connectivity index (χ3n) is 4.18. The summed E-state index contributed by atoms with van der Waals surface area (Å²) >= 11 is 0. The molecule has 0 saturated heterocycles. The van der Waals surface area contributed by atoms with Crippen molar-refractivity contribution in [3.05, 3.63) is 29.8 Å². The summed E-state index contributed by atoms with van der Waals surface area (Å²) in [5.41, 5.74) is 7.09. The number of rotatable bonds is 4. The van der Waals surface area contributed by atoms with Gasteiger partial charge in [0.1, 0.15) is 11.9 Å². The average Bonchev–Trinajstić information content (AvgIpc) is 3.03. The third kappa shape index (κ3) is 2.25. The first-order valence-corrected chi connectivity index (χ1v) is 6.90. The smallest absolute Gasteiger partial charge is 0.126 e. The molecule has 0 amide bonds. The molecule has 1 aliphatic carbocycles. The Hall–Kier alpha value is -1.06. The quantitative estimate of drug-likeness (QED) is 0.887. The van der Waals surface area contributed by atoms with Crippen LogP contribution in [0.25, 0.3) is 0 Å². The van der Waals surface area contributed by atoms with Crippen LogP contribution in [-0.2, 0) is 11.2 Å². The summed E-state index contributed by atoms with van der Waals surface area (Å²) < 4.78 is 12.0. The maximum Gasteiger partial charge on any atom is 0.126 e. The van der Waals surface area contributed by atoms with Crippen molar-refractivity contribution in [2.75, 3.05) is 13.2 Å². The molecule has 3 rings (SSSR count). The Kier molecular flexibility index (Phi) is 3.27. The van der Waals surface area contributed by atoms with Crippen LogP contribution in [0.4, 0.5) is 0 Å². The molecule has 3 nitrogen and oxygen atoms in total. The van der Waals surface area contributed by atoms with E-state index in [9.17, 15) is 0 Å². The van der Waals surface area contributed by atoms with Gasteiger partial charge < -0.3 is 15.2 Å². The van der Waals surface area contributed by atoms with Crippen LogP contribution in [0, 0.1) is 0 Å². The summed E-state index contributed by atoms with van der Waals surface area (Å²) in [5.74, 6) is 1.01. The minimum Gasteiger partial charge on any atom is -0.487 e. The lowest BCUT2D eigenvalue weighted by Gasteiger charge is -2.29. The number of hydrogen-bond acceptors (Lipinski definition) is 3. The molecule has 1 fully saturated rings. The SMILES string of the molecule is NCC1(OCC2Cc3ccccc3O2)CCCC1. The van der Waals surface area contributed by atoms with Gasteiger partial charge in [0, 0.05) is 13.0 Å². The van der Waals surface area contributed by atoms with Gasteiger partial charge in [-0.15, -0.1) is 0 Å². The van der Waals surface area contributed by atoms with Gasteiger partial charge in [0.2, 0.25) is 0 Å². The van der Waals surface area contributed by atoms with Crippen LogP contribution in [0.15, 0.2) is 24.3 Å². The Bertz CT molecular complexity index is 388. The number of hydrogen-bond donors (Lipinski definition) is 1. The molecular weight excluding hydrogens is 226 g/mol. The first kappa shape index (κ1) is 12.0. The van der Waals surface area contributed by atoms with Gasteiger partial charge in [-0.05, 0) is 24.5 Å². The van der Waals surface area contributed by atoms with Crippen molar-refractivity contribution in [2.45, 2.75) is 43.8 Å². The van der Waals surface area contributed by atoms with Gasteiger partial charge in [-0.3, -0.25) is 0 Å². The van der Waals surface area contributed by atoms with Crippen molar-refractivity contribution in [1.82, 2.24) is 0 Å². The van der Waals surface area contributed by atoms with E-state index in [2.05, 4.69) is 12.1 Å². The molecule has 3 heteroatoms. The van der Waals surface area contributed by atoms with Gasteiger partial charge in [0.05, 0.1) is 12.2 Å². The van der Waals surface area contributed by atoms with Gasteiger partial charge >= 0.3 is 0 Å². The molecule has 1 unspecified atom stereocenters. The van der Waals surface area contributed by atoms with Crippen LogP contribution >= 0.6 is 0 Å². The largest absolute Gasteiger partial charge is 0.487 e. The first-order valence-electron chi connectivity index (χ1n) is 6.90. The summed E-state index contributed by atoms with van der Waals surface area (Å²) in [6.07, 6.45) is 5.79. The minimum absolute atomic E-state index is 0.0713. The van der Waals surface area contributed by atoms with E-state index < -0.39 is 0 Å². The Labute approximate surface area is 108 Å². The van der Waals surface area contributed by atoms with Crippen molar-refractivity contribution < 1.29 is 9.47 Å². The second-order valence-electron chi connectivity index (χ2n) is 5.46. The van der Waals surface area contributed by atoms with Gasteiger partial charge in [-0.1, -0.05) is 31.0 Å². The summed E-state index contributed by atoms with van der Waals surface area (Å²) in [5, 5.41) is 0. The number of benzene rings is 1. The molecule has 0 radical (unpaired) electrons. The molecule has 1 aliphatic heterocycles. The Balaban J connectivity index is 1.57. The average molecular weight is 247 g/mol. The lowest BCUT2D eigenvalue weighted by molar-refractivity contribution is -0.0613. The fourth-order valence-electron chi connectivity index (χ4n) is 3.04. The maximum atomic E-state index is 6.10. The number of ether oxygens (including phenoxy) is 2. The van der Waals surface area contributed by atoms with E-state index >= 15 is 0 Å². The molecule has 1 saturated carbocycles. The lowest BCUT2D eigenvalue weighted by atomic mass is 10.0. The zero-order valence-corrected chi connectivity index (χ0v) is 10.7. The molecule has 2 aliphatic rings. The fraction of sp³-hybridized carbons (Fsp3) is 0.600. The van der Waals surface area contributed by atoms with Crippen molar-refractivity contribution in [2.24, 2.45) is 5.73 Å². The number of nitrogens with two attached hydrogens (primary N) is 1. The second kappa shape index (κ2) is 4.90. The van der Waals surface area contributed by atoms with Gasteiger partial charge in [-0.2, -0.15) is 0 Å². The normalized spacial score (nSPS) is 24.8. The molecule has 18 heavy (non-hydrogen) atoms. The first-order chi connectivity index (χ1) is 8.81. The summed E-state index contributed by atoms with van der Waals surface area (Å²) in [6.45, 7) is 1.29. The van der Waals surface area contributed by atoms with Crippen molar-refractivity contribution in [3.63, 3.8) is 0 Å². The molecular formula is C15H21NO2. The highest BCUT2D eigenvalue weighted by Gasteiger charge is 2.35. The topological polar surface area (TPSA) is 44.5 Å². The fourth-order valence-corrected chi connectivity index (χ4v) is 3.04. The van der Waals surface area contributed by atoms with E-state index in [0.717, 1.165) is 25.0 Å². The molecule has 1 aromatic carbocycles. The standard InChI is InChI=1S/C15H21NO2/c16-11-15(7-3-4-8-15)17-10-13-9-12-5-1-2-6-14(12)18-13/h1-2,5-6,13H,3-4,7-11,16H2. The van der Waals surface area contributed by atoms with E-state index in [1.165, 1.54) is 18.4 Å². The van der Waals surface area contributed by atoms with Crippen LogP contribution in [0.1, 0.15) is 31.2 Å². The summed E-state index contributed by atoms with van der Waals surface area (Å²) in [7, 11) is 0. The van der Waals surface area contributed by atoms with Gasteiger partial charge in [0.25, 0.3) is 0 Å². The predicted molar refractivity (Wildman–Crippen MR) is 70.8 cm³/mol. The highest BCUT2D eigenvalue weighted by Crippen LogP contribution is 2.34. The van der Waals surface area contributed by atoms with E-state index in [1.807, 2.05) is 12.1 Å². The van der Waals surface area contributed by atoms with Crippen LogP contribution in [0.3, 0.4) is 0 Å². The lowest BCUT2D eigenvalue weighted by Crippen LogP contribution is -2.40. The highest BCUT2D eigenvalue weighted by molar-refractivity contribution is 5.37. The summed E-state index contributed by atoms with van der Waals surface area (Å²) in [6, 6.07) is 8.23. The van der Waals surface area contributed by atoms with Crippen LogP contribution in [-0.4, -0.2) is 24.9 Å². The Morgan fingerprint density at radius 1 is 1.28 bits per heavy atom. The van der Waals surface area contributed by atoms with Crippen molar-refractivity contribution in [1.29, 1.82) is 0 Å². The zero-order valence-electron chi connectivity index (χ0n) is 10.7. The molecule has 1 heterocycles. The molecule has 0 bridgehead atoms. The molecule has 1 aromatic rings. The maximum absolute atomic E-state index is 6.10. The van der Waals surface area contributed by atoms with Gasteiger partial charge in [0.15, 0.2) is 0 Å². The zero-order chi connectivity index (χ0) is 12.4. The van der Waals surface area contributed by atoms with Gasteiger partial charge in [-0.25, -0.2) is 0 Å². The van der Waals surface area contributed by atoms with E-state index in [4.69, 9.17) is 15.2 Å². The minimum atomic E-state index is -0.0713. The molecule has 2 N–H and O–H groups in total. The summed E-state index contributed by atoms with van der Waals surface area (Å²) in [4.78, 5) is 0. The van der Waals surface area contributed by atoms with E-state index in [-0.39, 0.29) is 11.7 Å². The number of fused-ring (bicyclic) bond motifs is 1. The van der Waals surface area contributed by atoms with E-state index in [1.54, 1.807) is 0 Å². The Morgan fingerprint density at radius 2 is 2.06 bits per heavy atom. The second-order valence-corrected chi connectivity index (χ2v) is 5.46. The monoisotopic (exact) mass is 247 g/mol. The third-order valence-corrected chi connectivity index (χ3v) is 4.18. The molecule has 1 atom stereocenters. The van der Waals surface area contributed by atoms with Crippen LogP contribution in [0.2, 0.25) is 0 Å². The number of para-hydroxylation sites is 1. The van der Waals surface area contributed by atoms with Crippen molar-refractivity contribution in [3.8, 4) is 5.75 Å². The van der Waals surface area contributed by atoms with E-state index in [0.29, 0.717) is 13.2 Å². The highest BCUT2D eigenvalue weighted by atomic mass is 16.5. The van der Waals surface area contributed by atoms with Crippen LogP contribution < -0.4 is 10.5 Å². The molecule has 0 spiro atoms. The predicted octanol–water partition coefficient (Wildman–Crippen LogP) is 2.28. The van der Waals surface area contributed by atoms with Crippen molar-refractivity contribution >= 4 is 0 Å². The molecule has 98 valence electrons. The molecule has 0 aromatic heterocycles. The van der Waals surface area contributed by atoms with Crippen LogP contribution in [0.5, 0.6) is 5.75 Å².